The maximum atomic E-state index is 13.6. The molecule has 114 valence electrons. The quantitative estimate of drug-likeness (QED) is 0.915. The minimum Gasteiger partial charge on any atom is -0.383 e. The molecule has 2 aromatic carbocycles. The van der Waals surface area contributed by atoms with Crippen molar-refractivity contribution in [3.63, 3.8) is 0 Å². The minimum absolute atomic E-state index is 0.0867. The molecule has 0 fully saturated rings. The summed E-state index contributed by atoms with van der Waals surface area (Å²) < 4.78 is 27.1. The van der Waals surface area contributed by atoms with Crippen LogP contribution in [0.4, 0.5) is 8.78 Å². The Morgan fingerprint density at radius 3 is 2.55 bits per heavy atom. The molecular weight excluding hydrogens is 288 g/mol. The van der Waals surface area contributed by atoms with Crippen molar-refractivity contribution in [3.8, 4) is 0 Å². The van der Waals surface area contributed by atoms with Gasteiger partial charge in [-0.3, -0.25) is 4.79 Å². The molecule has 1 aliphatic rings. The van der Waals surface area contributed by atoms with Crippen LogP contribution in [0.5, 0.6) is 0 Å². The third kappa shape index (κ3) is 2.48. The molecule has 1 amide bonds. The fourth-order valence-electron chi connectivity index (χ4n) is 2.88. The molecule has 0 radical (unpaired) electrons. The number of carbonyl (C=O) groups is 1. The van der Waals surface area contributed by atoms with E-state index in [2.05, 4.69) is 5.32 Å². The SMILES string of the molecule is O=C(NCC1(O)CCc2ccccc21)c1c(F)cccc1F. The van der Waals surface area contributed by atoms with E-state index in [1.54, 1.807) is 6.07 Å². The van der Waals surface area contributed by atoms with Gasteiger partial charge in [0.25, 0.3) is 5.91 Å². The number of benzene rings is 2. The van der Waals surface area contributed by atoms with Gasteiger partial charge in [-0.2, -0.15) is 0 Å². The van der Waals surface area contributed by atoms with Crippen molar-refractivity contribution in [2.45, 2.75) is 18.4 Å². The molecule has 2 aromatic rings. The molecule has 5 heteroatoms. The van der Waals surface area contributed by atoms with E-state index in [0.717, 1.165) is 23.3 Å². The summed E-state index contributed by atoms with van der Waals surface area (Å²) in [5.41, 5.74) is -0.0495. The van der Waals surface area contributed by atoms with E-state index in [1.165, 1.54) is 6.07 Å². The first kappa shape index (κ1) is 14.7. The Morgan fingerprint density at radius 1 is 1.14 bits per heavy atom. The second-order valence-electron chi connectivity index (χ2n) is 5.47. The van der Waals surface area contributed by atoms with E-state index < -0.39 is 28.7 Å². The Balaban J connectivity index is 1.77. The third-order valence-electron chi connectivity index (χ3n) is 4.06. The van der Waals surface area contributed by atoms with Crippen LogP contribution in [0.3, 0.4) is 0 Å². The monoisotopic (exact) mass is 303 g/mol. The molecule has 2 N–H and O–H groups in total. The van der Waals surface area contributed by atoms with Crippen LogP contribution in [-0.4, -0.2) is 17.6 Å². The number of amides is 1. The summed E-state index contributed by atoms with van der Waals surface area (Å²) in [5.74, 6) is -2.71. The number of hydrogen-bond donors (Lipinski definition) is 2. The lowest BCUT2D eigenvalue weighted by Gasteiger charge is -2.24. The van der Waals surface area contributed by atoms with Crippen molar-refractivity contribution >= 4 is 5.91 Å². The average molecular weight is 303 g/mol. The number of aliphatic hydroxyl groups is 1. The Kier molecular flexibility index (Phi) is 3.66. The summed E-state index contributed by atoms with van der Waals surface area (Å²) in [6.07, 6.45) is 1.17. The first-order valence-corrected chi connectivity index (χ1v) is 7.04. The molecule has 0 aliphatic heterocycles. The standard InChI is InChI=1S/C17H15F2NO2/c18-13-6-3-7-14(19)15(13)16(21)20-10-17(22)9-8-11-4-1-2-5-12(11)17/h1-7,22H,8-10H2,(H,20,21). The van der Waals surface area contributed by atoms with Crippen LogP contribution in [0.25, 0.3) is 0 Å². The van der Waals surface area contributed by atoms with Crippen molar-refractivity contribution in [1.82, 2.24) is 5.32 Å². The molecule has 3 nitrogen and oxygen atoms in total. The van der Waals surface area contributed by atoms with Gasteiger partial charge in [-0.15, -0.1) is 0 Å². The number of halogens is 2. The molecule has 0 heterocycles. The van der Waals surface area contributed by atoms with Crippen molar-refractivity contribution < 1.29 is 18.7 Å². The zero-order valence-corrected chi connectivity index (χ0v) is 11.8. The van der Waals surface area contributed by atoms with Crippen LogP contribution >= 0.6 is 0 Å². The Labute approximate surface area is 126 Å². The van der Waals surface area contributed by atoms with Crippen molar-refractivity contribution in [1.29, 1.82) is 0 Å². The predicted octanol–water partition coefficient (Wildman–Crippen LogP) is 2.53. The van der Waals surface area contributed by atoms with Crippen LogP contribution in [0.1, 0.15) is 27.9 Å². The van der Waals surface area contributed by atoms with Gasteiger partial charge in [-0.25, -0.2) is 8.78 Å². The normalized spacial score (nSPS) is 19.8. The van der Waals surface area contributed by atoms with Gasteiger partial charge >= 0.3 is 0 Å². The zero-order valence-electron chi connectivity index (χ0n) is 11.8. The maximum absolute atomic E-state index is 13.6. The summed E-state index contributed by atoms with van der Waals surface area (Å²) in [6.45, 7) is -0.0867. The molecule has 0 saturated carbocycles. The molecular formula is C17H15F2NO2. The van der Waals surface area contributed by atoms with Gasteiger partial charge in [0.05, 0.1) is 6.54 Å². The Hall–Kier alpha value is -2.27. The highest BCUT2D eigenvalue weighted by atomic mass is 19.1. The van der Waals surface area contributed by atoms with Gasteiger partial charge in [0, 0.05) is 0 Å². The van der Waals surface area contributed by atoms with Gasteiger partial charge < -0.3 is 10.4 Å². The van der Waals surface area contributed by atoms with Gasteiger partial charge in [0.1, 0.15) is 22.8 Å². The molecule has 0 aromatic heterocycles. The van der Waals surface area contributed by atoms with E-state index in [1.807, 2.05) is 18.2 Å². The van der Waals surface area contributed by atoms with Crippen molar-refractivity contribution in [3.05, 3.63) is 70.8 Å². The molecule has 22 heavy (non-hydrogen) atoms. The number of rotatable bonds is 3. The van der Waals surface area contributed by atoms with Crippen molar-refractivity contribution in [2.24, 2.45) is 0 Å². The first-order chi connectivity index (χ1) is 10.5. The number of nitrogens with one attached hydrogen (secondary N) is 1. The topological polar surface area (TPSA) is 49.3 Å². The summed E-state index contributed by atoms with van der Waals surface area (Å²) >= 11 is 0. The number of hydrogen-bond acceptors (Lipinski definition) is 2. The second kappa shape index (κ2) is 5.50. The van der Waals surface area contributed by atoms with Crippen LogP contribution < -0.4 is 5.32 Å². The second-order valence-corrected chi connectivity index (χ2v) is 5.47. The summed E-state index contributed by atoms with van der Waals surface area (Å²) in [4.78, 5) is 12.0. The molecule has 3 rings (SSSR count). The largest absolute Gasteiger partial charge is 0.383 e. The van der Waals surface area contributed by atoms with Gasteiger partial charge in [0.2, 0.25) is 0 Å². The van der Waals surface area contributed by atoms with Gasteiger partial charge in [0.15, 0.2) is 0 Å². The van der Waals surface area contributed by atoms with Crippen LogP contribution in [0, 0.1) is 11.6 Å². The fourth-order valence-corrected chi connectivity index (χ4v) is 2.88. The number of carbonyl (C=O) groups excluding carboxylic acids is 1. The maximum Gasteiger partial charge on any atom is 0.257 e. The Morgan fingerprint density at radius 2 is 1.82 bits per heavy atom. The lowest BCUT2D eigenvalue weighted by Crippen LogP contribution is -2.39. The van der Waals surface area contributed by atoms with E-state index in [0.29, 0.717) is 12.8 Å². The smallest absolute Gasteiger partial charge is 0.257 e. The molecule has 1 unspecified atom stereocenters. The molecule has 0 bridgehead atoms. The minimum atomic E-state index is -1.20. The van der Waals surface area contributed by atoms with E-state index >= 15 is 0 Å². The lowest BCUT2D eigenvalue weighted by molar-refractivity contribution is 0.0368. The summed E-state index contributed by atoms with van der Waals surface area (Å²) in [6, 6.07) is 10.7. The van der Waals surface area contributed by atoms with E-state index in [-0.39, 0.29) is 6.54 Å². The van der Waals surface area contributed by atoms with Gasteiger partial charge in [-0.05, 0) is 36.1 Å². The predicted molar refractivity (Wildman–Crippen MR) is 77.4 cm³/mol. The fraction of sp³-hybridized carbons (Fsp3) is 0.235. The average Bonchev–Trinajstić information content (AvgIpc) is 2.84. The molecule has 1 atom stereocenters. The Bertz CT molecular complexity index is 712. The first-order valence-electron chi connectivity index (χ1n) is 7.04. The molecule has 0 saturated heterocycles. The highest BCUT2D eigenvalue weighted by molar-refractivity contribution is 5.94. The van der Waals surface area contributed by atoms with Crippen LogP contribution in [0.2, 0.25) is 0 Å². The van der Waals surface area contributed by atoms with Crippen LogP contribution in [0.15, 0.2) is 42.5 Å². The van der Waals surface area contributed by atoms with Crippen LogP contribution in [-0.2, 0) is 12.0 Å². The zero-order chi connectivity index (χ0) is 15.7. The third-order valence-corrected chi connectivity index (χ3v) is 4.06. The summed E-state index contributed by atoms with van der Waals surface area (Å²) in [5, 5.41) is 13.1. The number of aryl methyl sites for hydroxylation is 1. The highest BCUT2D eigenvalue weighted by Crippen LogP contribution is 2.36. The number of fused-ring (bicyclic) bond motifs is 1. The molecule has 0 spiro atoms. The van der Waals surface area contributed by atoms with Crippen molar-refractivity contribution in [2.75, 3.05) is 6.54 Å². The van der Waals surface area contributed by atoms with E-state index in [4.69, 9.17) is 0 Å². The molecule has 1 aliphatic carbocycles. The lowest BCUT2D eigenvalue weighted by atomic mass is 9.96. The highest BCUT2D eigenvalue weighted by Gasteiger charge is 2.36. The van der Waals surface area contributed by atoms with Gasteiger partial charge in [-0.1, -0.05) is 30.3 Å². The van der Waals surface area contributed by atoms with E-state index in [9.17, 15) is 18.7 Å². The summed E-state index contributed by atoms with van der Waals surface area (Å²) in [7, 11) is 0.